The van der Waals surface area contributed by atoms with E-state index in [0.29, 0.717) is 6.42 Å². The standard InChI is InChI=1S/C20H28N4OS/c1-4-23-7-9-24(10-8-23)13-17-14-26-20(21-17)12-19(25)22-18-11-15(2)5-6-16(18)3/h5-6,11,14H,4,7-10,12-13H2,1-3H3,(H,22,25). The van der Waals surface area contributed by atoms with Crippen LogP contribution in [0.5, 0.6) is 0 Å². The van der Waals surface area contributed by atoms with Crippen molar-refractivity contribution in [3.05, 3.63) is 45.4 Å². The van der Waals surface area contributed by atoms with Crippen LogP contribution in [0.4, 0.5) is 5.69 Å². The van der Waals surface area contributed by atoms with Crippen LogP contribution in [0.2, 0.25) is 0 Å². The molecule has 2 heterocycles. The quantitative estimate of drug-likeness (QED) is 0.847. The minimum Gasteiger partial charge on any atom is -0.325 e. The number of hydrogen-bond acceptors (Lipinski definition) is 5. The predicted molar refractivity (Wildman–Crippen MR) is 108 cm³/mol. The van der Waals surface area contributed by atoms with Crippen molar-refractivity contribution >= 4 is 22.9 Å². The van der Waals surface area contributed by atoms with E-state index in [0.717, 1.165) is 66.8 Å². The number of nitrogens with one attached hydrogen (secondary N) is 1. The van der Waals surface area contributed by atoms with Gasteiger partial charge in [-0.15, -0.1) is 11.3 Å². The summed E-state index contributed by atoms with van der Waals surface area (Å²) in [6.07, 6.45) is 0.335. The van der Waals surface area contributed by atoms with Gasteiger partial charge in [-0.25, -0.2) is 4.98 Å². The number of aromatic nitrogens is 1. The highest BCUT2D eigenvalue weighted by molar-refractivity contribution is 7.09. The highest BCUT2D eigenvalue weighted by Crippen LogP contribution is 2.18. The summed E-state index contributed by atoms with van der Waals surface area (Å²) in [5.41, 5.74) is 4.19. The van der Waals surface area contributed by atoms with Gasteiger partial charge in [-0.05, 0) is 37.6 Å². The van der Waals surface area contributed by atoms with Gasteiger partial charge in [-0.2, -0.15) is 0 Å². The first-order valence-corrected chi connectivity index (χ1v) is 10.2. The van der Waals surface area contributed by atoms with Gasteiger partial charge < -0.3 is 10.2 Å². The third kappa shape index (κ3) is 5.13. The summed E-state index contributed by atoms with van der Waals surface area (Å²) >= 11 is 1.58. The number of piperazine rings is 1. The Hall–Kier alpha value is -1.76. The zero-order chi connectivity index (χ0) is 18.5. The Kier molecular flexibility index (Phi) is 6.40. The molecule has 0 unspecified atom stereocenters. The monoisotopic (exact) mass is 372 g/mol. The molecule has 2 aromatic rings. The largest absolute Gasteiger partial charge is 0.325 e. The summed E-state index contributed by atoms with van der Waals surface area (Å²) in [7, 11) is 0. The lowest BCUT2D eigenvalue weighted by Gasteiger charge is -2.33. The summed E-state index contributed by atoms with van der Waals surface area (Å²) in [6, 6.07) is 6.10. The van der Waals surface area contributed by atoms with Gasteiger partial charge in [0.25, 0.3) is 0 Å². The summed E-state index contributed by atoms with van der Waals surface area (Å²) < 4.78 is 0. The molecule has 1 aliphatic rings. The molecule has 0 radical (unpaired) electrons. The number of aryl methyl sites for hydroxylation is 2. The number of likely N-dealkylation sites (N-methyl/N-ethyl adjacent to an activating group) is 1. The Morgan fingerprint density at radius 2 is 1.92 bits per heavy atom. The van der Waals surface area contributed by atoms with Crippen LogP contribution in [0, 0.1) is 13.8 Å². The maximum absolute atomic E-state index is 12.4. The van der Waals surface area contributed by atoms with Crippen LogP contribution in [-0.4, -0.2) is 53.4 Å². The van der Waals surface area contributed by atoms with E-state index < -0.39 is 0 Å². The zero-order valence-corrected chi connectivity index (χ0v) is 16.7. The average molecular weight is 373 g/mol. The van der Waals surface area contributed by atoms with Gasteiger partial charge in [0.15, 0.2) is 0 Å². The first-order chi connectivity index (χ1) is 12.5. The number of nitrogens with zero attached hydrogens (tertiary/aromatic N) is 3. The zero-order valence-electron chi connectivity index (χ0n) is 15.9. The summed E-state index contributed by atoms with van der Waals surface area (Å²) in [5.74, 6) is -0.00356. The lowest BCUT2D eigenvalue weighted by atomic mass is 10.1. The highest BCUT2D eigenvalue weighted by atomic mass is 32.1. The second kappa shape index (κ2) is 8.75. The molecule has 1 fully saturated rings. The van der Waals surface area contributed by atoms with Crippen LogP contribution in [0.3, 0.4) is 0 Å². The van der Waals surface area contributed by atoms with Crippen molar-refractivity contribution in [2.75, 3.05) is 38.0 Å². The van der Waals surface area contributed by atoms with E-state index in [4.69, 9.17) is 0 Å². The van der Waals surface area contributed by atoms with Crippen molar-refractivity contribution in [2.24, 2.45) is 0 Å². The number of carbonyl (C=O) groups is 1. The normalized spacial score (nSPS) is 16.0. The van der Waals surface area contributed by atoms with Crippen LogP contribution in [0.15, 0.2) is 23.6 Å². The van der Waals surface area contributed by atoms with Crippen LogP contribution >= 0.6 is 11.3 Å². The Labute approximate surface area is 160 Å². The maximum Gasteiger partial charge on any atom is 0.231 e. The molecule has 26 heavy (non-hydrogen) atoms. The second-order valence-electron chi connectivity index (χ2n) is 6.99. The number of thiazole rings is 1. The molecule has 3 rings (SSSR count). The molecular weight excluding hydrogens is 344 g/mol. The fourth-order valence-electron chi connectivity index (χ4n) is 3.20. The number of anilines is 1. The van der Waals surface area contributed by atoms with E-state index in [1.807, 2.05) is 26.0 Å². The number of carbonyl (C=O) groups excluding carboxylic acids is 1. The Bertz CT molecular complexity index is 750. The van der Waals surface area contributed by atoms with E-state index in [-0.39, 0.29) is 5.91 Å². The number of rotatable bonds is 6. The molecule has 1 aromatic heterocycles. The predicted octanol–water partition coefficient (Wildman–Crippen LogP) is 3.08. The molecule has 0 spiro atoms. The lowest BCUT2D eigenvalue weighted by Crippen LogP contribution is -2.45. The van der Waals surface area contributed by atoms with Gasteiger partial charge in [0.1, 0.15) is 5.01 Å². The van der Waals surface area contributed by atoms with Crippen molar-refractivity contribution in [1.29, 1.82) is 0 Å². The fraction of sp³-hybridized carbons (Fsp3) is 0.500. The molecule has 1 amide bonds. The molecule has 0 atom stereocenters. The molecule has 5 nitrogen and oxygen atoms in total. The van der Waals surface area contributed by atoms with Crippen LogP contribution in [0.1, 0.15) is 28.8 Å². The number of hydrogen-bond donors (Lipinski definition) is 1. The molecule has 1 N–H and O–H groups in total. The van der Waals surface area contributed by atoms with Crippen molar-refractivity contribution in [2.45, 2.75) is 33.7 Å². The number of amides is 1. The van der Waals surface area contributed by atoms with Gasteiger partial charge in [0.05, 0.1) is 12.1 Å². The van der Waals surface area contributed by atoms with Crippen LogP contribution < -0.4 is 5.32 Å². The van der Waals surface area contributed by atoms with Crippen LogP contribution in [-0.2, 0) is 17.8 Å². The van der Waals surface area contributed by atoms with Crippen molar-refractivity contribution in [1.82, 2.24) is 14.8 Å². The first kappa shape index (κ1) is 19.0. The van der Waals surface area contributed by atoms with Gasteiger partial charge in [-0.1, -0.05) is 19.1 Å². The lowest BCUT2D eigenvalue weighted by molar-refractivity contribution is -0.115. The minimum atomic E-state index is -0.00356. The third-order valence-electron chi connectivity index (χ3n) is 4.88. The molecule has 6 heteroatoms. The van der Waals surface area contributed by atoms with E-state index in [9.17, 15) is 4.79 Å². The molecule has 0 bridgehead atoms. The molecule has 0 saturated carbocycles. The number of benzene rings is 1. The summed E-state index contributed by atoms with van der Waals surface area (Å²) in [6.45, 7) is 12.7. The fourth-order valence-corrected chi connectivity index (χ4v) is 3.98. The Morgan fingerprint density at radius 1 is 1.19 bits per heavy atom. The minimum absolute atomic E-state index is 0.00356. The SMILES string of the molecule is CCN1CCN(Cc2csc(CC(=O)Nc3cc(C)ccc3C)n2)CC1. The van der Waals surface area contributed by atoms with Gasteiger partial charge in [0.2, 0.25) is 5.91 Å². The summed E-state index contributed by atoms with van der Waals surface area (Å²) in [5, 5.41) is 5.99. The van der Waals surface area contributed by atoms with Crippen molar-refractivity contribution in [3.63, 3.8) is 0 Å². The van der Waals surface area contributed by atoms with E-state index >= 15 is 0 Å². The molecular formula is C20H28N4OS. The van der Waals surface area contributed by atoms with E-state index in [2.05, 4.69) is 38.5 Å². The highest BCUT2D eigenvalue weighted by Gasteiger charge is 2.17. The maximum atomic E-state index is 12.4. The molecule has 1 saturated heterocycles. The Balaban J connectivity index is 1.51. The second-order valence-corrected chi connectivity index (χ2v) is 7.93. The molecule has 140 valence electrons. The van der Waals surface area contributed by atoms with Crippen molar-refractivity contribution < 1.29 is 4.79 Å². The topological polar surface area (TPSA) is 48.5 Å². The van der Waals surface area contributed by atoms with Crippen molar-refractivity contribution in [3.8, 4) is 0 Å². The van der Waals surface area contributed by atoms with E-state index in [1.165, 1.54) is 0 Å². The average Bonchev–Trinajstić information content (AvgIpc) is 3.05. The van der Waals surface area contributed by atoms with Crippen LogP contribution in [0.25, 0.3) is 0 Å². The molecule has 1 aliphatic heterocycles. The summed E-state index contributed by atoms with van der Waals surface area (Å²) in [4.78, 5) is 21.9. The smallest absolute Gasteiger partial charge is 0.231 e. The Morgan fingerprint density at radius 3 is 2.65 bits per heavy atom. The first-order valence-electron chi connectivity index (χ1n) is 9.28. The van der Waals surface area contributed by atoms with Gasteiger partial charge in [0, 0.05) is 43.8 Å². The molecule has 1 aromatic carbocycles. The van der Waals surface area contributed by atoms with E-state index in [1.54, 1.807) is 11.3 Å². The van der Waals surface area contributed by atoms with Gasteiger partial charge >= 0.3 is 0 Å². The third-order valence-corrected chi connectivity index (χ3v) is 5.77. The van der Waals surface area contributed by atoms with Gasteiger partial charge in [-0.3, -0.25) is 9.69 Å². The molecule has 0 aliphatic carbocycles.